The first-order chi connectivity index (χ1) is 26.2. The number of Topliss-reactive ketones (excluding diaryl/α,β-unsaturated/α-hetero) is 1. The Bertz CT molecular complexity index is 1710. The van der Waals surface area contributed by atoms with Crippen molar-refractivity contribution in [1.82, 2.24) is 26.2 Å². The number of hydrogen-bond acceptors (Lipinski definition) is 10. The summed E-state index contributed by atoms with van der Waals surface area (Å²) in [4.78, 5) is 82.4. The summed E-state index contributed by atoms with van der Waals surface area (Å²) in [5, 5.41) is 32.9. The van der Waals surface area contributed by atoms with Crippen LogP contribution in [-0.4, -0.2) is 101 Å². The maximum Gasteiger partial charge on any atom is 0.248 e. The van der Waals surface area contributed by atoms with E-state index in [0.29, 0.717) is 31.4 Å². The number of ether oxygens (including phenoxy) is 1. The van der Waals surface area contributed by atoms with E-state index in [2.05, 4.69) is 28.2 Å². The van der Waals surface area contributed by atoms with Gasteiger partial charge in [-0.3, -0.25) is 28.8 Å². The van der Waals surface area contributed by atoms with E-state index in [-0.39, 0.29) is 65.7 Å². The van der Waals surface area contributed by atoms with Crippen molar-refractivity contribution in [2.45, 2.75) is 121 Å². The molecule has 0 aliphatic carbocycles. The smallest absolute Gasteiger partial charge is 0.248 e. The van der Waals surface area contributed by atoms with Gasteiger partial charge in [0.2, 0.25) is 29.5 Å². The lowest BCUT2D eigenvalue weighted by atomic mass is 9.93. The molecule has 2 aliphatic rings. The van der Waals surface area contributed by atoms with E-state index in [4.69, 9.17) is 10.5 Å². The lowest BCUT2D eigenvalue weighted by Crippen LogP contribution is -2.57. The topological polar surface area (TPSA) is 233 Å². The number of ketones is 1. The van der Waals surface area contributed by atoms with Crippen molar-refractivity contribution < 1.29 is 43.7 Å². The molecular formula is C40H56N6O9. The zero-order valence-electron chi connectivity index (χ0n) is 32.2. The molecule has 2 aromatic rings. The fourth-order valence-corrected chi connectivity index (χ4v) is 6.67. The summed E-state index contributed by atoms with van der Waals surface area (Å²) in [5.74, 6) is -3.70. The molecule has 2 heterocycles. The second-order valence-electron chi connectivity index (χ2n) is 14.5. The first-order valence-corrected chi connectivity index (χ1v) is 19.2. The number of phenols is 2. The lowest BCUT2D eigenvalue weighted by Gasteiger charge is -2.32. The largest absolute Gasteiger partial charge is 0.507 e. The number of amides is 5. The molecule has 300 valence electrons. The maximum atomic E-state index is 14.3. The van der Waals surface area contributed by atoms with Crippen molar-refractivity contribution in [3.8, 4) is 22.6 Å². The molecular weight excluding hydrogens is 708 g/mol. The van der Waals surface area contributed by atoms with E-state index < -0.39 is 59.9 Å². The summed E-state index contributed by atoms with van der Waals surface area (Å²) in [7, 11) is 1.42. The van der Waals surface area contributed by atoms with Gasteiger partial charge in [-0.05, 0) is 81.5 Å². The number of likely N-dealkylation sites (N-methyl/N-ethyl adjacent to an activating group) is 1. The van der Waals surface area contributed by atoms with Gasteiger partial charge < -0.3 is 46.9 Å². The Hall–Kier alpha value is -5.02. The number of phenolic OH excluding ortho intramolecular Hbond substituents is 2. The number of hydrogen-bond donors (Lipinski definition) is 7. The summed E-state index contributed by atoms with van der Waals surface area (Å²) < 4.78 is 5.06. The molecule has 15 nitrogen and oxygen atoms in total. The Balaban J connectivity index is 1.69. The normalized spacial score (nSPS) is 20.5. The monoisotopic (exact) mass is 764 g/mol. The van der Waals surface area contributed by atoms with Crippen LogP contribution in [-0.2, 0) is 39.9 Å². The van der Waals surface area contributed by atoms with Gasteiger partial charge in [-0.2, -0.15) is 0 Å². The zero-order chi connectivity index (χ0) is 40.2. The second kappa shape index (κ2) is 20.1. The number of benzene rings is 2. The van der Waals surface area contributed by atoms with Gasteiger partial charge >= 0.3 is 0 Å². The molecule has 0 aromatic heterocycles. The average Bonchev–Trinajstić information content (AvgIpc) is 4.00. The molecule has 4 bridgehead atoms. The Labute approximate surface area is 322 Å². The van der Waals surface area contributed by atoms with Gasteiger partial charge in [0.05, 0.1) is 12.6 Å². The van der Waals surface area contributed by atoms with Gasteiger partial charge in [-0.1, -0.05) is 44.7 Å². The quantitative estimate of drug-likeness (QED) is 0.0917. The van der Waals surface area contributed by atoms with Crippen molar-refractivity contribution in [3.05, 3.63) is 47.5 Å². The fourth-order valence-electron chi connectivity index (χ4n) is 6.67. The van der Waals surface area contributed by atoms with Gasteiger partial charge in [0, 0.05) is 31.0 Å². The predicted molar refractivity (Wildman–Crippen MR) is 205 cm³/mol. The van der Waals surface area contributed by atoms with Crippen LogP contribution in [0.1, 0.15) is 95.7 Å². The van der Waals surface area contributed by atoms with Gasteiger partial charge in [0.15, 0.2) is 5.78 Å². The molecule has 2 aliphatic heterocycles. The molecule has 0 spiro atoms. The third kappa shape index (κ3) is 11.7. The first-order valence-electron chi connectivity index (χ1n) is 19.2. The minimum Gasteiger partial charge on any atom is -0.507 e. The number of rotatable bonds is 17. The molecule has 0 radical (unpaired) electrons. The number of aromatic hydroxyl groups is 2. The van der Waals surface area contributed by atoms with Crippen molar-refractivity contribution in [3.63, 3.8) is 0 Å². The van der Waals surface area contributed by atoms with E-state index in [1.807, 2.05) is 0 Å². The highest BCUT2D eigenvalue weighted by Crippen LogP contribution is 2.39. The van der Waals surface area contributed by atoms with Gasteiger partial charge in [-0.25, -0.2) is 0 Å². The van der Waals surface area contributed by atoms with Crippen LogP contribution in [0.2, 0.25) is 0 Å². The number of unbranched alkanes of at least 4 members (excludes halogenated alkanes) is 5. The van der Waals surface area contributed by atoms with Gasteiger partial charge in [0.1, 0.15) is 41.8 Å². The molecule has 1 unspecified atom stereocenters. The summed E-state index contributed by atoms with van der Waals surface area (Å²) in [5.41, 5.74) is 6.80. The Morgan fingerprint density at radius 3 is 2.27 bits per heavy atom. The summed E-state index contributed by atoms with van der Waals surface area (Å²) in [6.07, 6.45) is 5.75. The number of fused-ring (bicyclic) bond motifs is 5. The van der Waals surface area contributed by atoms with E-state index in [9.17, 15) is 39.0 Å². The van der Waals surface area contributed by atoms with E-state index >= 15 is 0 Å². The fraction of sp³-hybridized carbons (Fsp3) is 0.550. The van der Waals surface area contributed by atoms with Gasteiger partial charge in [0.25, 0.3) is 0 Å². The molecule has 55 heavy (non-hydrogen) atoms. The Morgan fingerprint density at radius 1 is 0.927 bits per heavy atom. The lowest BCUT2D eigenvalue weighted by molar-refractivity contribution is -0.143. The third-order valence-corrected chi connectivity index (χ3v) is 10.0. The Kier molecular flexibility index (Phi) is 15.6. The SMILES string of the molecule is CCCCCCCC(=O)N[C@@H](CCCCN)C(=O)N(C)[C@@H]1C(=O)N[C@@H](C)C(=O)N[C@H](C(=O)N[C@@H](C)C(=O)C2CO2)Cc2ccc(O)c(c2)-c2cc1ccc2O. The van der Waals surface area contributed by atoms with Gasteiger partial charge in [-0.15, -0.1) is 0 Å². The van der Waals surface area contributed by atoms with Crippen molar-refractivity contribution >= 4 is 35.3 Å². The van der Waals surface area contributed by atoms with Crippen molar-refractivity contribution in [2.75, 3.05) is 20.2 Å². The minimum absolute atomic E-state index is 0.0668. The molecule has 4 rings (SSSR count). The molecule has 15 heteroatoms. The number of nitrogens with one attached hydrogen (secondary N) is 4. The molecule has 1 saturated heterocycles. The van der Waals surface area contributed by atoms with E-state index in [1.165, 1.54) is 50.1 Å². The zero-order valence-corrected chi connectivity index (χ0v) is 32.2. The summed E-state index contributed by atoms with van der Waals surface area (Å²) in [6.45, 7) is 5.72. The molecule has 2 aromatic carbocycles. The van der Waals surface area contributed by atoms with Crippen LogP contribution in [0.15, 0.2) is 36.4 Å². The number of nitrogens with zero attached hydrogens (tertiary/aromatic N) is 1. The standard InChI is InChI=1S/C40H56N6O9/c1-5-6-7-8-9-13-34(49)44-29(12-10-11-18-41)40(54)46(4)35-26-15-17-32(48)28(21-26)27-19-25(14-16-31(27)47)20-30(45-37(51)24(3)43-39(35)53)38(52)42-23(2)36(50)33-22-55-33/h14-17,19,21,23-24,29-30,33,35,47-48H,5-13,18,20,22,41H2,1-4H3,(H,42,52)(H,43,53)(H,44,49)(H,45,51)/t23-,24-,29-,30-,33?,35-/m0/s1. The number of epoxide rings is 1. The van der Waals surface area contributed by atoms with E-state index in [1.54, 1.807) is 12.1 Å². The van der Waals surface area contributed by atoms with Crippen LogP contribution in [0.5, 0.6) is 11.5 Å². The van der Waals surface area contributed by atoms with Crippen LogP contribution in [0.25, 0.3) is 11.1 Å². The highest BCUT2D eigenvalue weighted by Gasteiger charge is 2.38. The molecule has 1 fully saturated rings. The van der Waals surface area contributed by atoms with E-state index in [0.717, 1.165) is 25.7 Å². The van der Waals surface area contributed by atoms with Crippen LogP contribution >= 0.6 is 0 Å². The maximum absolute atomic E-state index is 14.3. The number of carbonyl (C=O) groups excluding carboxylic acids is 6. The molecule has 5 amide bonds. The molecule has 6 atom stereocenters. The van der Waals surface area contributed by atoms with Crippen molar-refractivity contribution in [2.24, 2.45) is 5.73 Å². The van der Waals surface area contributed by atoms with Crippen molar-refractivity contribution in [1.29, 1.82) is 0 Å². The minimum atomic E-state index is -1.37. The van der Waals surface area contributed by atoms with Crippen LogP contribution in [0.3, 0.4) is 0 Å². The summed E-state index contributed by atoms with van der Waals surface area (Å²) in [6, 6.07) is 3.14. The highest BCUT2D eigenvalue weighted by molar-refractivity contribution is 5.98. The third-order valence-electron chi connectivity index (χ3n) is 10.0. The predicted octanol–water partition coefficient (Wildman–Crippen LogP) is 2.26. The number of carbonyl (C=O) groups is 6. The molecule has 8 N–H and O–H groups in total. The summed E-state index contributed by atoms with van der Waals surface area (Å²) >= 11 is 0. The van der Waals surface area contributed by atoms with Crippen LogP contribution in [0.4, 0.5) is 0 Å². The number of nitrogens with two attached hydrogens (primary N) is 1. The molecule has 0 saturated carbocycles. The second-order valence-corrected chi connectivity index (χ2v) is 14.5. The van der Waals surface area contributed by atoms with Crippen LogP contribution in [0, 0.1) is 0 Å². The Morgan fingerprint density at radius 2 is 1.60 bits per heavy atom. The first kappa shape index (κ1) is 42.7. The average molecular weight is 765 g/mol. The highest BCUT2D eigenvalue weighted by atomic mass is 16.6. The van der Waals surface area contributed by atoms with Crippen LogP contribution < -0.4 is 27.0 Å².